The van der Waals surface area contributed by atoms with Crippen LogP contribution in [-0.2, 0) is 6.42 Å². The first-order valence-electron chi connectivity index (χ1n) is 7.14. The Morgan fingerprint density at radius 2 is 1.95 bits per heavy atom. The Kier molecular flexibility index (Phi) is 5.20. The van der Waals surface area contributed by atoms with Crippen LogP contribution in [0.3, 0.4) is 0 Å². The van der Waals surface area contributed by atoms with Crippen LogP contribution in [-0.4, -0.2) is 16.5 Å². The average Bonchev–Trinajstić information content (AvgIpc) is 2.52. The van der Waals surface area contributed by atoms with Gasteiger partial charge in [-0.25, -0.2) is 18.7 Å². The van der Waals surface area contributed by atoms with Crippen LogP contribution in [0, 0.1) is 0 Å². The second-order valence-corrected chi connectivity index (χ2v) is 4.77. The van der Waals surface area contributed by atoms with Gasteiger partial charge >= 0.3 is 0 Å². The first-order valence-corrected chi connectivity index (χ1v) is 7.14. The van der Waals surface area contributed by atoms with E-state index in [1.54, 1.807) is 12.1 Å². The van der Waals surface area contributed by atoms with Crippen molar-refractivity contribution in [3.63, 3.8) is 0 Å². The number of aryl methyl sites for hydroxylation is 1. The molecule has 0 fully saturated rings. The lowest BCUT2D eigenvalue weighted by atomic mass is 10.1. The molecule has 1 heterocycles. The molecule has 112 valence electrons. The van der Waals surface area contributed by atoms with Gasteiger partial charge < -0.3 is 5.32 Å². The zero-order valence-corrected chi connectivity index (χ0v) is 12.2. The summed E-state index contributed by atoms with van der Waals surface area (Å²) in [4.78, 5) is 8.86. The van der Waals surface area contributed by atoms with Gasteiger partial charge in [-0.05, 0) is 18.9 Å². The third kappa shape index (κ3) is 3.97. The fourth-order valence-electron chi connectivity index (χ4n) is 1.96. The van der Waals surface area contributed by atoms with Gasteiger partial charge in [-0.1, -0.05) is 32.0 Å². The Balaban J connectivity index is 2.39. The molecule has 0 saturated carbocycles. The first-order chi connectivity index (χ1) is 10.1. The second kappa shape index (κ2) is 7.11. The van der Waals surface area contributed by atoms with E-state index in [0.717, 1.165) is 30.9 Å². The lowest BCUT2D eigenvalue weighted by Gasteiger charge is -2.09. The fraction of sp³-hybridized carbons (Fsp3) is 0.375. The van der Waals surface area contributed by atoms with E-state index in [1.165, 1.54) is 12.1 Å². The number of halogens is 2. The SMILES string of the molecule is CCCNc1cc(CC)nc(-c2cccc(C(F)F)c2)n1. The third-order valence-electron chi connectivity index (χ3n) is 3.09. The molecule has 1 aromatic heterocycles. The van der Waals surface area contributed by atoms with E-state index < -0.39 is 6.43 Å². The van der Waals surface area contributed by atoms with Crippen LogP contribution in [0.25, 0.3) is 11.4 Å². The summed E-state index contributed by atoms with van der Waals surface area (Å²) >= 11 is 0. The minimum atomic E-state index is -2.49. The molecule has 1 N–H and O–H groups in total. The fourth-order valence-corrected chi connectivity index (χ4v) is 1.96. The summed E-state index contributed by atoms with van der Waals surface area (Å²) in [5.41, 5.74) is 1.49. The van der Waals surface area contributed by atoms with Gasteiger partial charge in [-0.15, -0.1) is 0 Å². The zero-order valence-electron chi connectivity index (χ0n) is 12.2. The van der Waals surface area contributed by atoms with Crippen LogP contribution < -0.4 is 5.32 Å². The van der Waals surface area contributed by atoms with Gasteiger partial charge in [-0.2, -0.15) is 0 Å². The minimum absolute atomic E-state index is 0.0129. The van der Waals surface area contributed by atoms with E-state index in [0.29, 0.717) is 11.4 Å². The summed E-state index contributed by atoms with van der Waals surface area (Å²) in [6, 6.07) is 8.12. The van der Waals surface area contributed by atoms with E-state index in [4.69, 9.17) is 0 Å². The van der Waals surface area contributed by atoms with E-state index in [2.05, 4.69) is 22.2 Å². The summed E-state index contributed by atoms with van der Waals surface area (Å²) in [5, 5.41) is 3.22. The van der Waals surface area contributed by atoms with Crippen molar-refractivity contribution in [2.45, 2.75) is 33.1 Å². The normalized spacial score (nSPS) is 10.9. The quantitative estimate of drug-likeness (QED) is 0.853. The molecule has 2 rings (SSSR count). The molecule has 21 heavy (non-hydrogen) atoms. The van der Waals surface area contributed by atoms with Crippen LogP contribution in [0.1, 0.15) is 38.0 Å². The van der Waals surface area contributed by atoms with Crippen molar-refractivity contribution in [3.8, 4) is 11.4 Å². The molecule has 0 amide bonds. The molecule has 0 atom stereocenters. The van der Waals surface area contributed by atoms with Gasteiger partial charge in [-0.3, -0.25) is 0 Å². The Bertz CT molecular complexity index is 600. The topological polar surface area (TPSA) is 37.8 Å². The summed E-state index contributed by atoms with van der Waals surface area (Å²) in [7, 11) is 0. The number of nitrogens with zero attached hydrogens (tertiary/aromatic N) is 2. The molecule has 0 aliphatic carbocycles. The van der Waals surface area contributed by atoms with Gasteiger partial charge in [0.1, 0.15) is 5.82 Å². The molecule has 0 bridgehead atoms. The predicted molar refractivity (Wildman–Crippen MR) is 80.6 cm³/mol. The molecule has 1 aromatic carbocycles. The Morgan fingerprint density at radius 1 is 1.14 bits per heavy atom. The van der Waals surface area contributed by atoms with Crippen molar-refractivity contribution in [3.05, 3.63) is 41.6 Å². The number of aromatic nitrogens is 2. The maximum atomic E-state index is 12.8. The Labute approximate surface area is 123 Å². The van der Waals surface area contributed by atoms with Crippen LogP contribution in [0.4, 0.5) is 14.6 Å². The summed E-state index contributed by atoms with van der Waals surface area (Å²) in [5.74, 6) is 1.22. The molecule has 0 spiro atoms. The van der Waals surface area contributed by atoms with Gasteiger partial charge in [0.05, 0.1) is 0 Å². The highest BCUT2D eigenvalue weighted by molar-refractivity contribution is 5.58. The van der Waals surface area contributed by atoms with Gasteiger partial charge in [0.25, 0.3) is 6.43 Å². The Morgan fingerprint density at radius 3 is 2.62 bits per heavy atom. The number of nitrogens with one attached hydrogen (secondary N) is 1. The average molecular weight is 291 g/mol. The number of hydrogen-bond acceptors (Lipinski definition) is 3. The predicted octanol–water partition coefficient (Wildman–Crippen LogP) is 4.47. The van der Waals surface area contributed by atoms with Crippen molar-refractivity contribution in [1.82, 2.24) is 9.97 Å². The standard InChI is InChI=1S/C16H19F2N3/c1-3-8-19-14-10-13(4-2)20-16(21-14)12-7-5-6-11(9-12)15(17)18/h5-7,9-10,15H,3-4,8H2,1-2H3,(H,19,20,21). The molecule has 2 aromatic rings. The maximum absolute atomic E-state index is 12.8. The van der Waals surface area contributed by atoms with Crippen LogP contribution in [0.2, 0.25) is 0 Å². The minimum Gasteiger partial charge on any atom is -0.370 e. The summed E-state index contributed by atoms with van der Waals surface area (Å²) < 4.78 is 25.6. The Hall–Kier alpha value is -2.04. The third-order valence-corrected chi connectivity index (χ3v) is 3.09. The van der Waals surface area contributed by atoms with E-state index in [-0.39, 0.29) is 5.56 Å². The molecule has 0 aliphatic rings. The van der Waals surface area contributed by atoms with Crippen molar-refractivity contribution >= 4 is 5.82 Å². The number of anilines is 1. The van der Waals surface area contributed by atoms with Gasteiger partial charge in [0.15, 0.2) is 5.82 Å². The van der Waals surface area contributed by atoms with E-state index in [1.807, 2.05) is 13.0 Å². The lowest BCUT2D eigenvalue weighted by molar-refractivity contribution is 0.151. The maximum Gasteiger partial charge on any atom is 0.263 e. The molecular weight excluding hydrogens is 272 g/mol. The lowest BCUT2D eigenvalue weighted by Crippen LogP contribution is -2.05. The largest absolute Gasteiger partial charge is 0.370 e. The van der Waals surface area contributed by atoms with Crippen LogP contribution in [0.15, 0.2) is 30.3 Å². The smallest absolute Gasteiger partial charge is 0.263 e. The summed E-state index contributed by atoms with van der Waals surface area (Å²) in [6.07, 6.45) is -0.732. The van der Waals surface area contributed by atoms with Crippen molar-refractivity contribution in [2.75, 3.05) is 11.9 Å². The van der Waals surface area contributed by atoms with Crippen LogP contribution in [0.5, 0.6) is 0 Å². The highest BCUT2D eigenvalue weighted by atomic mass is 19.3. The molecule has 0 unspecified atom stereocenters. The van der Waals surface area contributed by atoms with Gasteiger partial charge in [0, 0.05) is 29.4 Å². The number of rotatable bonds is 6. The number of benzene rings is 1. The van der Waals surface area contributed by atoms with Crippen LogP contribution >= 0.6 is 0 Å². The monoisotopic (exact) mass is 291 g/mol. The number of hydrogen-bond donors (Lipinski definition) is 1. The molecule has 0 radical (unpaired) electrons. The van der Waals surface area contributed by atoms with E-state index >= 15 is 0 Å². The van der Waals surface area contributed by atoms with Gasteiger partial charge in [0.2, 0.25) is 0 Å². The molecule has 0 aliphatic heterocycles. The van der Waals surface area contributed by atoms with Crippen molar-refractivity contribution in [1.29, 1.82) is 0 Å². The van der Waals surface area contributed by atoms with Crippen molar-refractivity contribution in [2.24, 2.45) is 0 Å². The summed E-state index contributed by atoms with van der Waals surface area (Å²) in [6.45, 7) is 4.89. The highest BCUT2D eigenvalue weighted by Crippen LogP contribution is 2.24. The molecule has 5 heteroatoms. The van der Waals surface area contributed by atoms with E-state index in [9.17, 15) is 8.78 Å². The molecule has 0 saturated heterocycles. The second-order valence-electron chi connectivity index (χ2n) is 4.77. The molecule has 3 nitrogen and oxygen atoms in total. The highest BCUT2D eigenvalue weighted by Gasteiger charge is 2.11. The number of alkyl halides is 2. The first kappa shape index (κ1) is 15.4. The molecular formula is C16H19F2N3. The van der Waals surface area contributed by atoms with Crippen molar-refractivity contribution < 1.29 is 8.78 Å². The zero-order chi connectivity index (χ0) is 15.2.